The van der Waals surface area contributed by atoms with E-state index >= 15 is 0 Å². The summed E-state index contributed by atoms with van der Waals surface area (Å²) in [6.07, 6.45) is 4.16. The number of nitrogens with zero attached hydrogens (tertiary/aromatic N) is 2. The number of likely N-dealkylation sites (tertiary alicyclic amines) is 1. The zero-order valence-corrected chi connectivity index (χ0v) is 21.1. The van der Waals surface area contributed by atoms with Gasteiger partial charge in [-0.1, -0.05) is 41.9 Å². The highest BCUT2D eigenvalue weighted by molar-refractivity contribution is 7.91. The van der Waals surface area contributed by atoms with Gasteiger partial charge in [-0.25, -0.2) is 12.7 Å². The van der Waals surface area contributed by atoms with Gasteiger partial charge in [-0.2, -0.15) is 0 Å². The van der Waals surface area contributed by atoms with Crippen molar-refractivity contribution in [1.82, 2.24) is 9.21 Å². The minimum atomic E-state index is -3.24. The van der Waals surface area contributed by atoms with Gasteiger partial charge < -0.3 is 9.45 Å². The molecule has 5 nitrogen and oxygen atoms in total. The fourth-order valence-electron chi connectivity index (χ4n) is 5.01. The van der Waals surface area contributed by atoms with E-state index in [1.807, 2.05) is 36.4 Å². The minimum Gasteiger partial charge on any atom is -0.611 e. The molecule has 2 aliphatic heterocycles. The Hall–Kier alpha value is -1.09. The molecule has 0 aliphatic carbocycles. The average molecular weight is 495 g/mol. The number of rotatable bonds is 7. The van der Waals surface area contributed by atoms with Gasteiger partial charge in [0.05, 0.1) is 6.26 Å². The highest BCUT2D eigenvalue weighted by atomic mass is 35.5. The van der Waals surface area contributed by atoms with Gasteiger partial charge in [-0.15, -0.1) is 0 Å². The Kier molecular flexibility index (Phi) is 7.25. The monoisotopic (exact) mass is 494 g/mol. The number of hydrogen-bond acceptors (Lipinski definition) is 4. The predicted molar refractivity (Wildman–Crippen MR) is 131 cm³/mol. The van der Waals surface area contributed by atoms with E-state index in [1.54, 1.807) is 7.05 Å². The van der Waals surface area contributed by atoms with Crippen molar-refractivity contribution in [3.8, 4) is 0 Å². The van der Waals surface area contributed by atoms with Crippen LogP contribution in [0.15, 0.2) is 53.4 Å². The SMILES string of the molecule is CN(CC(CCN1CCC2(CC1)C[S+]([O-])c1ccccc12)c1ccc(Cl)cc1)S(C)(=O)=O. The number of likely N-dealkylation sites (N-methyl/N-ethyl adjacent to an activating group) is 1. The molecule has 174 valence electrons. The Morgan fingerprint density at radius 3 is 2.47 bits per heavy atom. The molecule has 2 unspecified atom stereocenters. The summed E-state index contributed by atoms with van der Waals surface area (Å²) in [4.78, 5) is 3.49. The molecule has 4 rings (SSSR count). The highest BCUT2D eigenvalue weighted by Gasteiger charge is 2.48. The van der Waals surface area contributed by atoms with Crippen molar-refractivity contribution in [2.24, 2.45) is 0 Å². The van der Waals surface area contributed by atoms with Crippen LogP contribution in [0.25, 0.3) is 0 Å². The maximum absolute atomic E-state index is 12.6. The van der Waals surface area contributed by atoms with Crippen molar-refractivity contribution in [2.45, 2.75) is 35.5 Å². The van der Waals surface area contributed by atoms with Crippen LogP contribution in [0, 0.1) is 0 Å². The second-order valence-corrected chi connectivity index (χ2v) is 13.1. The molecule has 2 aromatic carbocycles. The standard InChI is InChI=1S/C24H31ClN2O3S2/c1-26(32(2,29)30)17-20(19-7-9-21(25)10-8-19)11-14-27-15-12-24(13-16-27)18-31(28)23-6-4-3-5-22(23)24/h3-10,20H,11-18H2,1-2H3. The van der Waals surface area contributed by atoms with E-state index in [0.717, 1.165) is 55.1 Å². The van der Waals surface area contributed by atoms with E-state index in [2.05, 4.69) is 17.0 Å². The summed E-state index contributed by atoms with van der Waals surface area (Å²) in [5, 5.41) is 0.680. The minimum absolute atomic E-state index is 0.0457. The molecule has 1 spiro atoms. The maximum Gasteiger partial charge on any atom is 0.210 e. The van der Waals surface area contributed by atoms with Crippen molar-refractivity contribution in [3.63, 3.8) is 0 Å². The lowest BCUT2D eigenvalue weighted by molar-refractivity contribution is 0.165. The summed E-state index contributed by atoms with van der Waals surface area (Å²) in [6, 6.07) is 16.0. The fourth-order valence-corrected chi connectivity index (χ4v) is 7.45. The normalized spacial score (nSPS) is 21.7. The van der Waals surface area contributed by atoms with E-state index in [4.69, 9.17) is 11.6 Å². The van der Waals surface area contributed by atoms with Crippen LogP contribution >= 0.6 is 11.6 Å². The summed E-state index contributed by atoms with van der Waals surface area (Å²) in [5.74, 6) is 0.842. The van der Waals surface area contributed by atoms with Crippen LogP contribution in [0.4, 0.5) is 0 Å². The van der Waals surface area contributed by atoms with Crippen LogP contribution in [0.5, 0.6) is 0 Å². The van der Waals surface area contributed by atoms with Gasteiger partial charge in [0.1, 0.15) is 5.75 Å². The number of fused-ring (bicyclic) bond motifs is 2. The van der Waals surface area contributed by atoms with Crippen molar-refractivity contribution in [1.29, 1.82) is 0 Å². The maximum atomic E-state index is 12.6. The number of piperidine rings is 1. The summed E-state index contributed by atoms with van der Waals surface area (Å²) in [6.45, 7) is 3.30. The van der Waals surface area contributed by atoms with Gasteiger partial charge in [-0.3, -0.25) is 0 Å². The van der Waals surface area contributed by atoms with Crippen LogP contribution in [-0.2, 0) is 26.6 Å². The number of sulfonamides is 1. The number of benzene rings is 2. The Balaban J connectivity index is 1.40. The first-order chi connectivity index (χ1) is 15.2. The molecule has 32 heavy (non-hydrogen) atoms. The van der Waals surface area contributed by atoms with Gasteiger partial charge in [0, 0.05) is 29.6 Å². The summed E-state index contributed by atoms with van der Waals surface area (Å²) in [5.41, 5.74) is 2.44. The second kappa shape index (κ2) is 9.65. The molecule has 0 bridgehead atoms. The third kappa shape index (κ3) is 5.18. The van der Waals surface area contributed by atoms with Crippen LogP contribution in [0.3, 0.4) is 0 Å². The summed E-state index contributed by atoms with van der Waals surface area (Å²) >= 11 is 5.17. The second-order valence-electron chi connectivity index (χ2n) is 9.19. The Bertz CT molecular complexity index is 1040. The van der Waals surface area contributed by atoms with Crippen molar-refractivity contribution < 1.29 is 13.0 Å². The first-order valence-corrected chi connectivity index (χ1v) is 14.6. The van der Waals surface area contributed by atoms with Gasteiger partial charge in [0.15, 0.2) is 4.90 Å². The third-order valence-corrected chi connectivity index (χ3v) is 10.3. The van der Waals surface area contributed by atoms with Gasteiger partial charge in [0.2, 0.25) is 10.0 Å². The Labute approximate surface area is 200 Å². The summed E-state index contributed by atoms with van der Waals surface area (Å²) in [7, 11) is -1.60. The molecule has 8 heteroatoms. The van der Waals surface area contributed by atoms with Crippen LogP contribution in [-0.4, -0.2) is 67.4 Å². The van der Waals surface area contributed by atoms with Crippen molar-refractivity contribution >= 4 is 32.8 Å². The zero-order chi connectivity index (χ0) is 22.9. The molecule has 1 saturated heterocycles. The van der Waals surface area contributed by atoms with Crippen LogP contribution < -0.4 is 0 Å². The number of halogens is 1. The first kappa shape index (κ1) is 24.0. The van der Waals surface area contributed by atoms with E-state index in [9.17, 15) is 13.0 Å². The summed E-state index contributed by atoms with van der Waals surface area (Å²) < 4.78 is 38.1. The lowest BCUT2D eigenvalue weighted by atomic mass is 9.74. The van der Waals surface area contributed by atoms with Gasteiger partial charge >= 0.3 is 0 Å². The van der Waals surface area contributed by atoms with Gasteiger partial charge in [0.25, 0.3) is 0 Å². The van der Waals surface area contributed by atoms with Crippen LogP contribution in [0.1, 0.15) is 36.3 Å². The lowest BCUT2D eigenvalue weighted by Gasteiger charge is -2.38. The third-order valence-electron chi connectivity index (χ3n) is 7.10. The first-order valence-electron chi connectivity index (χ1n) is 11.0. The predicted octanol–water partition coefficient (Wildman–Crippen LogP) is 3.86. The largest absolute Gasteiger partial charge is 0.611 e. The Morgan fingerprint density at radius 2 is 1.81 bits per heavy atom. The molecule has 1 fully saturated rings. The Morgan fingerprint density at radius 1 is 1.16 bits per heavy atom. The highest BCUT2D eigenvalue weighted by Crippen LogP contribution is 2.46. The molecule has 2 atom stereocenters. The van der Waals surface area contributed by atoms with E-state index in [-0.39, 0.29) is 11.3 Å². The topological polar surface area (TPSA) is 63.7 Å². The van der Waals surface area contributed by atoms with Crippen molar-refractivity contribution in [2.75, 3.05) is 45.2 Å². The molecule has 0 N–H and O–H groups in total. The average Bonchev–Trinajstić information content (AvgIpc) is 3.04. The van der Waals surface area contributed by atoms with E-state index in [0.29, 0.717) is 11.6 Å². The molecule has 2 heterocycles. The molecule has 0 saturated carbocycles. The van der Waals surface area contributed by atoms with E-state index < -0.39 is 21.2 Å². The molecule has 2 aromatic rings. The molecule has 2 aliphatic rings. The quantitative estimate of drug-likeness (QED) is 0.548. The smallest absolute Gasteiger partial charge is 0.210 e. The molecular formula is C24H31ClN2O3S2. The molecule has 0 radical (unpaired) electrons. The molecule has 0 aromatic heterocycles. The molecular weight excluding hydrogens is 464 g/mol. The van der Waals surface area contributed by atoms with Crippen molar-refractivity contribution in [3.05, 3.63) is 64.7 Å². The fraction of sp³-hybridized carbons (Fsp3) is 0.500. The van der Waals surface area contributed by atoms with E-state index in [1.165, 1.54) is 16.1 Å². The zero-order valence-electron chi connectivity index (χ0n) is 18.7. The van der Waals surface area contributed by atoms with Crippen LogP contribution in [0.2, 0.25) is 5.02 Å². The lowest BCUT2D eigenvalue weighted by Crippen LogP contribution is -2.44. The van der Waals surface area contributed by atoms with Gasteiger partial charge in [-0.05, 0) is 79.8 Å². The molecule has 0 amide bonds. The number of hydrogen-bond donors (Lipinski definition) is 0.